The maximum Gasteiger partial charge on any atom is 0.305 e. The van der Waals surface area contributed by atoms with Crippen molar-refractivity contribution in [1.82, 2.24) is 5.32 Å². The summed E-state index contributed by atoms with van der Waals surface area (Å²) in [5, 5.41) is 17.7. The van der Waals surface area contributed by atoms with E-state index in [1.54, 1.807) is 0 Å². The lowest BCUT2D eigenvalue weighted by Gasteiger charge is -2.37. The summed E-state index contributed by atoms with van der Waals surface area (Å²) >= 11 is 0. The molecule has 0 spiro atoms. The summed E-state index contributed by atoms with van der Waals surface area (Å²) in [6.07, 6.45) is 1.09. The van der Waals surface area contributed by atoms with E-state index in [9.17, 15) is 19.5 Å². The molecular formula is C20H25N3O5. The Morgan fingerprint density at radius 1 is 1.25 bits per heavy atom. The van der Waals surface area contributed by atoms with Crippen molar-refractivity contribution in [3.05, 3.63) is 29.3 Å². The predicted molar refractivity (Wildman–Crippen MR) is 103 cm³/mol. The lowest BCUT2D eigenvalue weighted by Crippen LogP contribution is -2.55. The number of hydrogen-bond acceptors (Lipinski definition) is 5. The average Bonchev–Trinajstić information content (AvgIpc) is 2.64. The summed E-state index contributed by atoms with van der Waals surface area (Å²) in [7, 11) is 0. The number of nitrogens with zero attached hydrogens (tertiary/aromatic N) is 2. The van der Waals surface area contributed by atoms with E-state index in [0.29, 0.717) is 31.7 Å². The van der Waals surface area contributed by atoms with E-state index >= 15 is 0 Å². The highest BCUT2D eigenvalue weighted by Crippen LogP contribution is 2.27. The number of ether oxygens (including phenoxy) is 1. The summed E-state index contributed by atoms with van der Waals surface area (Å²) < 4.78 is 5.32. The van der Waals surface area contributed by atoms with Crippen LogP contribution in [0, 0.1) is 13.8 Å². The minimum atomic E-state index is -0.972. The number of amides is 2. The zero-order valence-corrected chi connectivity index (χ0v) is 16.2. The van der Waals surface area contributed by atoms with Crippen LogP contribution in [0.25, 0.3) is 0 Å². The number of benzene rings is 1. The van der Waals surface area contributed by atoms with Crippen LogP contribution in [0.4, 0.5) is 5.69 Å². The molecule has 150 valence electrons. The number of hydrazone groups is 1. The van der Waals surface area contributed by atoms with Crippen molar-refractivity contribution in [2.45, 2.75) is 51.5 Å². The van der Waals surface area contributed by atoms with Crippen LogP contribution in [-0.2, 0) is 19.1 Å². The van der Waals surface area contributed by atoms with Gasteiger partial charge in [0.2, 0.25) is 5.91 Å². The van der Waals surface area contributed by atoms with Crippen molar-refractivity contribution >= 4 is 29.2 Å². The van der Waals surface area contributed by atoms with E-state index in [4.69, 9.17) is 4.74 Å². The molecule has 1 aromatic carbocycles. The summed E-state index contributed by atoms with van der Waals surface area (Å²) in [4.78, 5) is 36.6. The number of rotatable bonds is 5. The van der Waals surface area contributed by atoms with E-state index in [2.05, 4.69) is 10.4 Å². The van der Waals surface area contributed by atoms with Gasteiger partial charge in [0, 0.05) is 26.1 Å². The van der Waals surface area contributed by atoms with E-state index in [0.717, 1.165) is 11.1 Å². The predicted octanol–water partition coefficient (Wildman–Crippen LogP) is 1.93. The first-order chi connectivity index (χ1) is 13.3. The highest BCUT2D eigenvalue weighted by atomic mass is 16.5. The second-order valence-corrected chi connectivity index (χ2v) is 7.46. The molecule has 2 aliphatic heterocycles. The highest BCUT2D eigenvalue weighted by molar-refractivity contribution is 6.40. The van der Waals surface area contributed by atoms with Crippen molar-refractivity contribution in [2.24, 2.45) is 5.10 Å². The summed E-state index contributed by atoms with van der Waals surface area (Å²) in [5.74, 6) is -1.57. The van der Waals surface area contributed by atoms with Crippen molar-refractivity contribution in [3.8, 4) is 0 Å². The van der Waals surface area contributed by atoms with Crippen molar-refractivity contribution in [3.63, 3.8) is 0 Å². The molecule has 2 N–H and O–H groups in total. The van der Waals surface area contributed by atoms with Gasteiger partial charge in [-0.15, -0.1) is 0 Å². The average molecular weight is 387 g/mol. The minimum Gasteiger partial charge on any atom is -0.481 e. The number of aryl methyl sites for hydroxylation is 2. The maximum absolute atomic E-state index is 12.9. The van der Waals surface area contributed by atoms with Crippen LogP contribution in [0.3, 0.4) is 0 Å². The van der Waals surface area contributed by atoms with E-state index in [1.165, 1.54) is 5.01 Å². The zero-order chi connectivity index (χ0) is 20.3. The normalized spacial score (nSPS) is 19.1. The third-order valence-corrected chi connectivity index (χ3v) is 5.21. The monoisotopic (exact) mass is 387 g/mol. The molecule has 28 heavy (non-hydrogen) atoms. The molecule has 1 aromatic rings. The van der Waals surface area contributed by atoms with E-state index < -0.39 is 17.4 Å². The molecule has 0 aromatic heterocycles. The maximum atomic E-state index is 12.9. The number of nitrogens with one attached hydrogen (secondary N) is 1. The Bertz CT molecular complexity index is 827. The highest BCUT2D eigenvalue weighted by Gasteiger charge is 2.38. The zero-order valence-electron chi connectivity index (χ0n) is 16.2. The van der Waals surface area contributed by atoms with Crippen LogP contribution in [0.15, 0.2) is 23.3 Å². The van der Waals surface area contributed by atoms with Gasteiger partial charge in [0.25, 0.3) is 5.91 Å². The first kappa shape index (κ1) is 20.0. The van der Waals surface area contributed by atoms with Gasteiger partial charge in [-0.1, -0.05) is 12.1 Å². The van der Waals surface area contributed by atoms with Gasteiger partial charge in [-0.05, 0) is 43.9 Å². The Labute approximate surface area is 163 Å². The van der Waals surface area contributed by atoms with E-state index in [1.807, 2.05) is 32.0 Å². The molecule has 0 aliphatic carbocycles. The van der Waals surface area contributed by atoms with Crippen molar-refractivity contribution in [2.75, 3.05) is 18.2 Å². The Morgan fingerprint density at radius 3 is 2.64 bits per heavy atom. The number of anilines is 1. The number of carboxylic acid groups (broad SMARTS) is 1. The number of carbonyl (C=O) groups excluding carboxylic acids is 2. The second-order valence-electron chi connectivity index (χ2n) is 7.46. The van der Waals surface area contributed by atoms with Gasteiger partial charge in [-0.3, -0.25) is 14.4 Å². The standard InChI is InChI=1S/C20H25N3O5/c1-13-3-4-14(2)16(11-13)23-17(24)6-5-15(22-23)19(27)21-20(12-18(25)26)7-9-28-10-8-20/h3-4,11H,5-10,12H2,1-2H3,(H,21,27)(H,25,26). The molecule has 8 nitrogen and oxygen atoms in total. The second kappa shape index (κ2) is 8.10. The van der Waals surface area contributed by atoms with Crippen LogP contribution in [0.2, 0.25) is 0 Å². The van der Waals surface area contributed by atoms with Crippen LogP contribution in [0.5, 0.6) is 0 Å². The fourth-order valence-electron chi connectivity index (χ4n) is 3.56. The summed E-state index contributed by atoms with van der Waals surface area (Å²) in [6, 6.07) is 5.72. The number of carboxylic acids is 1. The number of aliphatic carboxylic acids is 1. The Kier molecular flexibility index (Phi) is 5.79. The van der Waals surface area contributed by atoms with Crippen LogP contribution >= 0.6 is 0 Å². The molecule has 3 rings (SSSR count). The molecular weight excluding hydrogens is 362 g/mol. The lowest BCUT2D eigenvalue weighted by atomic mass is 9.86. The topological polar surface area (TPSA) is 108 Å². The quantitative estimate of drug-likeness (QED) is 0.802. The molecule has 0 unspecified atom stereocenters. The first-order valence-corrected chi connectivity index (χ1v) is 9.39. The molecule has 2 heterocycles. The minimum absolute atomic E-state index is 0.170. The van der Waals surface area contributed by atoms with Crippen LogP contribution in [0.1, 0.15) is 43.2 Å². The molecule has 1 fully saturated rings. The fourth-order valence-corrected chi connectivity index (χ4v) is 3.56. The SMILES string of the molecule is Cc1ccc(C)c(N2N=C(C(=O)NC3(CC(=O)O)CCOCC3)CCC2=O)c1. The molecule has 0 bridgehead atoms. The first-order valence-electron chi connectivity index (χ1n) is 9.39. The Morgan fingerprint density at radius 2 is 1.96 bits per heavy atom. The molecule has 2 aliphatic rings. The number of hydrogen-bond donors (Lipinski definition) is 2. The molecule has 0 saturated carbocycles. The van der Waals surface area contributed by atoms with Crippen LogP contribution in [-0.4, -0.2) is 47.4 Å². The third-order valence-electron chi connectivity index (χ3n) is 5.21. The van der Waals surface area contributed by atoms with Gasteiger partial charge < -0.3 is 15.2 Å². The van der Waals surface area contributed by atoms with Crippen LogP contribution < -0.4 is 10.3 Å². The van der Waals surface area contributed by atoms with Gasteiger partial charge >= 0.3 is 5.97 Å². The Balaban J connectivity index is 1.85. The molecule has 0 atom stereocenters. The van der Waals surface area contributed by atoms with E-state index in [-0.39, 0.29) is 30.9 Å². The Hall–Kier alpha value is -2.74. The molecule has 1 saturated heterocycles. The summed E-state index contributed by atoms with van der Waals surface area (Å²) in [5.41, 5.74) is 1.91. The van der Waals surface area contributed by atoms with Gasteiger partial charge in [-0.25, -0.2) is 5.01 Å². The largest absolute Gasteiger partial charge is 0.481 e. The molecule has 8 heteroatoms. The smallest absolute Gasteiger partial charge is 0.305 e. The van der Waals surface area contributed by atoms with Gasteiger partial charge in [0.1, 0.15) is 5.71 Å². The third kappa shape index (κ3) is 4.39. The molecule has 0 radical (unpaired) electrons. The molecule has 2 amide bonds. The lowest BCUT2D eigenvalue weighted by molar-refractivity contribution is -0.140. The fraction of sp³-hybridized carbons (Fsp3) is 0.500. The van der Waals surface area contributed by atoms with Gasteiger partial charge in [0.15, 0.2) is 0 Å². The van der Waals surface area contributed by atoms with Crippen molar-refractivity contribution in [1.29, 1.82) is 0 Å². The van der Waals surface area contributed by atoms with Gasteiger partial charge in [-0.2, -0.15) is 5.10 Å². The van der Waals surface area contributed by atoms with Gasteiger partial charge in [0.05, 0.1) is 17.6 Å². The summed E-state index contributed by atoms with van der Waals surface area (Å²) in [6.45, 7) is 4.60. The van der Waals surface area contributed by atoms with Crippen molar-refractivity contribution < 1.29 is 24.2 Å². The number of carbonyl (C=O) groups is 3.